The van der Waals surface area contributed by atoms with Gasteiger partial charge in [-0.3, -0.25) is 4.79 Å². The lowest BCUT2D eigenvalue weighted by atomic mass is 9.99. The largest absolute Gasteiger partial charge is 0.385 e. The van der Waals surface area contributed by atoms with Crippen LogP contribution in [0.4, 0.5) is 8.78 Å². The second kappa shape index (κ2) is 5.14. The number of rotatable bonds is 5. The number of benzene rings is 1. The molecule has 0 spiro atoms. The van der Waals surface area contributed by atoms with Crippen LogP contribution in [0.5, 0.6) is 0 Å². The predicted molar refractivity (Wildman–Crippen MR) is 55.1 cm³/mol. The van der Waals surface area contributed by atoms with E-state index in [1.54, 1.807) is 30.3 Å². The van der Waals surface area contributed by atoms with Gasteiger partial charge in [-0.25, -0.2) is 0 Å². The second-order valence-corrected chi connectivity index (χ2v) is 3.59. The molecule has 0 aliphatic heterocycles. The standard InChI is InChI=1S/C11H13F2NO2/c12-11(13,7-15)10(16)9(14)6-8-4-2-1-3-5-8/h1-5,7,9-10,16H,6,14H2. The summed E-state index contributed by atoms with van der Waals surface area (Å²) in [5, 5.41) is 9.20. The first-order valence-corrected chi connectivity index (χ1v) is 4.79. The molecule has 0 amide bonds. The molecule has 2 unspecified atom stereocenters. The van der Waals surface area contributed by atoms with Gasteiger partial charge < -0.3 is 10.8 Å². The van der Waals surface area contributed by atoms with Crippen LogP contribution in [0.25, 0.3) is 0 Å². The molecule has 2 atom stereocenters. The van der Waals surface area contributed by atoms with E-state index in [2.05, 4.69) is 0 Å². The number of aliphatic hydroxyl groups excluding tert-OH is 1. The molecule has 3 nitrogen and oxygen atoms in total. The topological polar surface area (TPSA) is 63.3 Å². The number of nitrogens with two attached hydrogens (primary N) is 1. The normalized spacial score (nSPS) is 15.5. The third-order valence-corrected chi connectivity index (χ3v) is 2.27. The summed E-state index contributed by atoms with van der Waals surface area (Å²) < 4.78 is 25.6. The van der Waals surface area contributed by atoms with E-state index in [4.69, 9.17) is 5.73 Å². The van der Waals surface area contributed by atoms with Crippen molar-refractivity contribution >= 4 is 6.29 Å². The van der Waals surface area contributed by atoms with E-state index in [-0.39, 0.29) is 6.42 Å². The van der Waals surface area contributed by atoms with Crippen molar-refractivity contribution in [3.05, 3.63) is 35.9 Å². The van der Waals surface area contributed by atoms with Gasteiger partial charge in [-0.05, 0) is 12.0 Å². The predicted octanol–water partition coefficient (Wildman–Crippen LogP) is 0.752. The number of aldehydes is 1. The molecule has 88 valence electrons. The van der Waals surface area contributed by atoms with Crippen molar-refractivity contribution in [2.24, 2.45) is 5.73 Å². The van der Waals surface area contributed by atoms with Crippen LogP contribution in [0.1, 0.15) is 5.56 Å². The minimum Gasteiger partial charge on any atom is -0.385 e. The van der Waals surface area contributed by atoms with Crippen LogP contribution in [-0.4, -0.2) is 29.5 Å². The van der Waals surface area contributed by atoms with Crippen LogP contribution in [0, 0.1) is 0 Å². The Morgan fingerprint density at radius 3 is 2.44 bits per heavy atom. The Hall–Kier alpha value is -1.33. The highest BCUT2D eigenvalue weighted by Crippen LogP contribution is 2.19. The minimum atomic E-state index is -3.80. The monoisotopic (exact) mass is 229 g/mol. The van der Waals surface area contributed by atoms with E-state index in [1.165, 1.54) is 0 Å². The molecule has 0 bridgehead atoms. The molecule has 0 aliphatic carbocycles. The summed E-state index contributed by atoms with van der Waals surface area (Å²) in [5.41, 5.74) is 6.15. The molecule has 5 heteroatoms. The number of halogens is 2. The molecule has 0 radical (unpaired) electrons. The zero-order valence-corrected chi connectivity index (χ0v) is 8.51. The summed E-state index contributed by atoms with van der Waals surface area (Å²) in [6, 6.07) is 7.52. The number of alkyl halides is 2. The molecule has 0 aromatic heterocycles. The van der Waals surface area contributed by atoms with Crippen molar-refractivity contribution in [1.29, 1.82) is 0 Å². The highest BCUT2D eigenvalue weighted by atomic mass is 19.3. The van der Waals surface area contributed by atoms with Crippen LogP contribution >= 0.6 is 0 Å². The van der Waals surface area contributed by atoms with Crippen molar-refractivity contribution < 1.29 is 18.7 Å². The van der Waals surface area contributed by atoms with Gasteiger partial charge >= 0.3 is 5.92 Å². The van der Waals surface area contributed by atoms with Gasteiger partial charge in [0.05, 0.1) is 0 Å². The van der Waals surface area contributed by atoms with Crippen molar-refractivity contribution in [3.8, 4) is 0 Å². The third kappa shape index (κ3) is 3.08. The Balaban J connectivity index is 2.66. The number of carbonyl (C=O) groups is 1. The lowest BCUT2D eigenvalue weighted by molar-refractivity contribution is -0.149. The molecule has 3 N–H and O–H groups in total. The Morgan fingerprint density at radius 1 is 1.38 bits per heavy atom. The van der Waals surface area contributed by atoms with Gasteiger partial charge in [-0.2, -0.15) is 8.78 Å². The van der Waals surface area contributed by atoms with Gasteiger partial charge in [-0.1, -0.05) is 30.3 Å². The van der Waals surface area contributed by atoms with E-state index < -0.39 is 24.4 Å². The molecule has 0 aliphatic rings. The van der Waals surface area contributed by atoms with Crippen molar-refractivity contribution in [3.63, 3.8) is 0 Å². The first-order valence-electron chi connectivity index (χ1n) is 4.79. The molecule has 16 heavy (non-hydrogen) atoms. The SMILES string of the molecule is NC(Cc1ccccc1)C(O)C(F)(F)C=O. The van der Waals surface area contributed by atoms with Crippen molar-refractivity contribution in [2.75, 3.05) is 0 Å². The van der Waals surface area contributed by atoms with Crippen molar-refractivity contribution in [1.82, 2.24) is 0 Å². The fraction of sp³-hybridized carbons (Fsp3) is 0.364. The molecule has 1 rings (SSSR count). The van der Waals surface area contributed by atoms with Gasteiger partial charge in [-0.15, -0.1) is 0 Å². The van der Waals surface area contributed by atoms with Gasteiger partial charge in [0, 0.05) is 6.04 Å². The molecule has 1 aromatic carbocycles. The molecule has 0 fully saturated rings. The summed E-state index contributed by atoms with van der Waals surface area (Å²) in [4.78, 5) is 10.1. The summed E-state index contributed by atoms with van der Waals surface area (Å²) >= 11 is 0. The molecular formula is C11H13F2NO2. The van der Waals surface area contributed by atoms with Gasteiger partial charge in [0.2, 0.25) is 0 Å². The molecular weight excluding hydrogens is 216 g/mol. The minimum absolute atomic E-state index is 0.0887. The van der Waals surface area contributed by atoms with E-state index in [9.17, 15) is 18.7 Å². The zero-order chi connectivity index (χ0) is 12.2. The summed E-state index contributed by atoms with van der Waals surface area (Å²) in [7, 11) is 0. The van der Waals surface area contributed by atoms with Gasteiger partial charge in [0.25, 0.3) is 0 Å². The molecule has 0 heterocycles. The first-order chi connectivity index (χ1) is 7.47. The number of hydrogen-bond acceptors (Lipinski definition) is 3. The van der Waals surface area contributed by atoms with E-state index in [1.807, 2.05) is 0 Å². The van der Waals surface area contributed by atoms with Crippen molar-refractivity contribution in [2.45, 2.75) is 24.5 Å². The Bertz CT molecular complexity index is 343. The fourth-order valence-electron chi connectivity index (χ4n) is 1.35. The molecule has 0 saturated carbocycles. The highest BCUT2D eigenvalue weighted by molar-refractivity contribution is 5.61. The molecule has 0 saturated heterocycles. The highest BCUT2D eigenvalue weighted by Gasteiger charge is 2.41. The average molecular weight is 229 g/mol. The van der Waals surface area contributed by atoms with E-state index in [0.29, 0.717) is 0 Å². The maximum atomic E-state index is 12.8. The number of hydrogen-bond donors (Lipinski definition) is 2. The quantitative estimate of drug-likeness (QED) is 0.732. The maximum Gasteiger partial charge on any atom is 0.329 e. The molecule has 1 aromatic rings. The zero-order valence-electron chi connectivity index (χ0n) is 8.51. The number of aliphatic hydroxyl groups is 1. The Morgan fingerprint density at radius 2 is 1.94 bits per heavy atom. The smallest absolute Gasteiger partial charge is 0.329 e. The van der Waals surface area contributed by atoms with Gasteiger partial charge in [0.15, 0.2) is 6.29 Å². The summed E-state index contributed by atoms with van der Waals surface area (Å²) in [6.07, 6.45) is -2.65. The Kier molecular flexibility index (Phi) is 4.09. The van der Waals surface area contributed by atoms with E-state index >= 15 is 0 Å². The summed E-state index contributed by atoms with van der Waals surface area (Å²) in [6.45, 7) is 0. The lowest BCUT2D eigenvalue weighted by Crippen LogP contribution is -2.49. The average Bonchev–Trinajstić information content (AvgIpc) is 2.29. The van der Waals surface area contributed by atoms with Crippen LogP contribution in [0.15, 0.2) is 30.3 Å². The van der Waals surface area contributed by atoms with Gasteiger partial charge in [0.1, 0.15) is 6.10 Å². The fourth-order valence-corrected chi connectivity index (χ4v) is 1.35. The first kappa shape index (κ1) is 12.7. The number of carbonyl (C=O) groups excluding carboxylic acids is 1. The summed E-state index contributed by atoms with van der Waals surface area (Å²) in [5.74, 6) is -3.80. The maximum absolute atomic E-state index is 12.8. The third-order valence-electron chi connectivity index (χ3n) is 2.27. The van der Waals surface area contributed by atoms with Crippen LogP contribution in [-0.2, 0) is 11.2 Å². The van der Waals surface area contributed by atoms with Crippen LogP contribution in [0.2, 0.25) is 0 Å². The second-order valence-electron chi connectivity index (χ2n) is 3.59. The van der Waals surface area contributed by atoms with E-state index in [0.717, 1.165) is 5.56 Å². The van der Waals surface area contributed by atoms with Crippen LogP contribution < -0.4 is 5.73 Å². The lowest BCUT2D eigenvalue weighted by Gasteiger charge is -2.23. The van der Waals surface area contributed by atoms with Crippen LogP contribution in [0.3, 0.4) is 0 Å². The Labute approximate surface area is 91.9 Å².